The number of hydrogen-bond acceptors (Lipinski definition) is 4. The van der Waals surface area contributed by atoms with Crippen LogP contribution in [0, 0.1) is 0 Å². The molecule has 2 rings (SSSR count). The molecular weight excluding hydrogens is 168 g/mol. The Bertz CT molecular complexity index is 351. The fourth-order valence-corrected chi connectivity index (χ4v) is 1.64. The van der Waals surface area contributed by atoms with Gasteiger partial charge in [0.2, 0.25) is 0 Å². The third-order valence-electron chi connectivity index (χ3n) is 2.25. The molecule has 0 saturated carbocycles. The van der Waals surface area contributed by atoms with Crippen molar-refractivity contribution in [2.75, 3.05) is 6.54 Å². The van der Waals surface area contributed by atoms with Crippen LogP contribution in [0.3, 0.4) is 0 Å². The van der Waals surface area contributed by atoms with Crippen molar-refractivity contribution < 1.29 is 0 Å². The molecule has 4 N–H and O–H groups in total. The number of fused-ring (bicyclic) bond motifs is 1. The van der Waals surface area contributed by atoms with Crippen LogP contribution in [-0.4, -0.2) is 16.5 Å². The molecule has 0 saturated heterocycles. The van der Waals surface area contributed by atoms with E-state index in [0.29, 0.717) is 13.1 Å². The van der Waals surface area contributed by atoms with Crippen LogP contribution in [0.25, 0.3) is 0 Å². The molecule has 70 valence electrons. The van der Waals surface area contributed by atoms with Crippen molar-refractivity contribution in [2.24, 2.45) is 5.73 Å². The minimum atomic E-state index is -0.303. The molecule has 5 nitrogen and oxygen atoms in total. The summed E-state index contributed by atoms with van der Waals surface area (Å²) in [5, 5.41) is 3.18. The van der Waals surface area contributed by atoms with Crippen LogP contribution < -0.4 is 16.7 Å². The summed E-state index contributed by atoms with van der Waals surface area (Å²) in [4.78, 5) is 17.6. The van der Waals surface area contributed by atoms with Gasteiger partial charge in [0.1, 0.15) is 0 Å². The van der Waals surface area contributed by atoms with Gasteiger partial charge in [-0.3, -0.25) is 0 Å². The maximum atomic E-state index is 11.1. The third-order valence-corrected chi connectivity index (χ3v) is 2.25. The second-order valence-electron chi connectivity index (χ2n) is 3.08. The highest BCUT2D eigenvalue weighted by molar-refractivity contribution is 5.26. The molecule has 5 heteroatoms. The normalized spacial score (nSPS) is 15.5. The quantitative estimate of drug-likeness (QED) is 0.511. The fraction of sp³-hybridized carbons (Fsp3) is 0.500. The summed E-state index contributed by atoms with van der Waals surface area (Å²) in [6, 6.07) is 0. The van der Waals surface area contributed by atoms with Crippen molar-refractivity contribution in [1.29, 1.82) is 0 Å². The lowest BCUT2D eigenvalue weighted by atomic mass is 10.0. The molecule has 1 aliphatic rings. The number of nitrogens with one attached hydrogen (secondary N) is 2. The Morgan fingerprint density at radius 2 is 2.38 bits per heavy atom. The van der Waals surface area contributed by atoms with Crippen LogP contribution in [0.2, 0.25) is 0 Å². The molecule has 2 heterocycles. The number of rotatable bonds is 1. The first-order valence-corrected chi connectivity index (χ1v) is 4.33. The maximum Gasteiger partial charge on any atom is 0.345 e. The molecule has 0 unspecified atom stereocenters. The smallest absolute Gasteiger partial charge is 0.325 e. The van der Waals surface area contributed by atoms with Crippen molar-refractivity contribution in [1.82, 2.24) is 15.3 Å². The summed E-state index contributed by atoms with van der Waals surface area (Å²) >= 11 is 0. The maximum absolute atomic E-state index is 11.1. The third kappa shape index (κ3) is 1.48. The van der Waals surface area contributed by atoms with E-state index in [1.54, 1.807) is 0 Å². The molecule has 1 aliphatic heterocycles. The zero-order chi connectivity index (χ0) is 9.26. The first kappa shape index (κ1) is 8.40. The Labute approximate surface area is 75.4 Å². The van der Waals surface area contributed by atoms with Crippen molar-refractivity contribution >= 4 is 0 Å². The van der Waals surface area contributed by atoms with E-state index in [1.807, 2.05) is 0 Å². The summed E-state index contributed by atoms with van der Waals surface area (Å²) in [5.74, 6) is 0. The monoisotopic (exact) mass is 180 g/mol. The van der Waals surface area contributed by atoms with Crippen molar-refractivity contribution in [2.45, 2.75) is 19.5 Å². The van der Waals surface area contributed by atoms with Gasteiger partial charge in [-0.2, -0.15) is 4.98 Å². The van der Waals surface area contributed by atoms with E-state index in [-0.39, 0.29) is 5.69 Å². The summed E-state index contributed by atoms with van der Waals surface area (Å²) < 4.78 is 0. The molecule has 0 amide bonds. The van der Waals surface area contributed by atoms with Gasteiger partial charge < -0.3 is 16.0 Å². The Kier molecular flexibility index (Phi) is 2.12. The van der Waals surface area contributed by atoms with Crippen molar-refractivity contribution in [3.63, 3.8) is 0 Å². The molecule has 0 atom stereocenters. The zero-order valence-electron chi connectivity index (χ0n) is 7.26. The highest BCUT2D eigenvalue weighted by Gasteiger charge is 2.14. The van der Waals surface area contributed by atoms with E-state index < -0.39 is 0 Å². The number of hydrogen-bond donors (Lipinski definition) is 3. The van der Waals surface area contributed by atoms with E-state index in [9.17, 15) is 4.79 Å². The van der Waals surface area contributed by atoms with Crippen LogP contribution in [-0.2, 0) is 19.5 Å². The molecule has 1 aromatic heterocycles. The Hall–Kier alpha value is -1.20. The summed E-state index contributed by atoms with van der Waals surface area (Å²) in [7, 11) is 0. The van der Waals surface area contributed by atoms with Gasteiger partial charge in [0, 0.05) is 18.8 Å². The summed E-state index contributed by atoms with van der Waals surface area (Å²) in [5.41, 5.74) is 7.99. The number of nitrogens with zero attached hydrogens (tertiary/aromatic N) is 1. The first-order valence-electron chi connectivity index (χ1n) is 4.33. The van der Waals surface area contributed by atoms with E-state index in [1.165, 1.54) is 0 Å². The van der Waals surface area contributed by atoms with Gasteiger partial charge in [0.05, 0.1) is 5.69 Å². The highest BCUT2D eigenvalue weighted by atomic mass is 16.1. The average molecular weight is 180 g/mol. The van der Waals surface area contributed by atoms with Crippen molar-refractivity contribution in [3.05, 3.63) is 27.4 Å². The van der Waals surface area contributed by atoms with Crippen LogP contribution in [0.4, 0.5) is 0 Å². The number of aromatic amines is 1. The lowest BCUT2D eigenvalue weighted by Crippen LogP contribution is -2.31. The number of H-pyrrole nitrogens is 1. The molecule has 0 aromatic carbocycles. The fourth-order valence-electron chi connectivity index (χ4n) is 1.64. The molecule has 0 bridgehead atoms. The van der Waals surface area contributed by atoms with Gasteiger partial charge in [-0.1, -0.05) is 0 Å². The van der Waals surface area contributed by atoms with Crippen LogP contribution in [0.5, 0.6) is 0 Å². The highest BCUT2D eigenvalue weighted by Crippen LogP contribution is 2.11. The zero-order valence-corrected chi connectivity index (χ0v) is 7.26. The lowest BCUT2D eigenvalue weighted by molar-refractivity contribution is 0.610. The van der Waals surface area contributed by atoms with Gasteiger partial charge in [-0.25, -0.2) is 4.79 Å². The second-order valence-corrected chi connectivity index (χ2v) is 3.08. The van der Waals surface area contributed by atoms with Crippen LogP contribution in [0.15, 0.2) is 4.79 Å². The SMILES string of the molecule is NCc1nc(=O)[nH]c2c1CCNC2. The first-order chi connectivity index (χ1) is 6.31. The number of aromatic nitrogens is 2. The Balaban J connectivity index is 2.57. The molecule has 1 aromatic rings. The number of nitrogens with two attached hydrogens (primary N) is 1. The molecule has 0 spiro atoms. The lowest BCUT2D eigenvalue weighted by Gasteiger charge is -2.17. The van der Waals surface area contributed by atoms with Crippen LogP contribution >= 0.6 is 0 Å². The van der Waals surface area contributed by atoms with Crippen LogP contribution in [0.1, 0.15) is 17.0 Å². The largest absolute Gasteiger partial charge is 0.345 e. The van der Waals surface area contributed by atoms with Gasteiger partial charge in [-0.05, 0) is 18.5 Å². The van der Waals surface area contributed by atoms with E-state index in [0.717, 1.165) is 29.9 Å². The molecule has 0 radical (unpaired) electrons. The molecule has 0 fully saturated rings. The van der Waals surface area contributed by atoms with E-state index >= 15 is 0 Å². The Morgan fingerprint density at radius 1 is 1.54 bits per heavy atom. The van der Waals surface area contributed by atoms with Gasteiger partial charge in [-0.15, -0.1) is 0 Å². The Morgan fingerprint density at radius 3 is 3.15 bits per heavy atom. The van der Waals surface area contributed by atoms with Gasteiger partial charge >= 0.3 is 5.69 Å². The predicted molar refractivity (Wildman–Crippen MR) is 48.2 cm³/mol. The van der Waals surface area contributed by atoms with E-state index in [4.69, 9.17) is 5.73 Å². The second kappa shape index (κ2) is 3.27. The topological polar surface area (TPSA) is 83.8 Å². The standard InChI is InChI=1S/C8H12N4O/c9-3-6-5-1-2-10-4-7(5)12-8(13)11-6/h10H,1-4,9H2,(H,11,12,13). The summed E-state index contributed by atoms with van der Waals surface area (Å²) in [6.45, 7) is 1.97. The minimum Gasteiger partial charge on any atom is -0.325 e. The molecular formula is C8H12N4O. The molecule has 0 aliphatic carbocycles. The predicted octanol–water partition coefficient (Wildman–Crippen LogP) is -1.13. The van der Waals surface area contributed by atoms with Crippen molar-refractivity contribution in [3.8, 4) is 0 Å². The minimum absolute atomic E-state index is 0.303. The van der Waals surface area contributed by atoms with Gasteiger partial charge in [0.15, 0.2) is 0 Å². The summed E-state index contributed by atoms with van der Waals surface area (Å²) in [6.07, 6.45) is 0.894. The average Bonchev–Trinajstić information content (AvgIpc) is 2.16. The molecule has 13 heavy (non-hydrogen) atoms. The van der Waals surface area contributed by atoms with E-state index in [2.05, 4.69) is 15.3 Å². The van der Waals surface area contributed by atoms with Gasteiger partial charge in [0.25, 0.3) is 0 Å².